The minimum absolute atomic E-state index is 0.0670. The van der Waals surface area contributed by atoms with E-state index in [4.69, 9.17) is 9.72 Å². The fraction of sp³-hybridized carbons (Fsp3) is 0.344. The Morgan fingerprint density at radius 2 is 1.87 bits per heavy atom. The van der Waals surface area contributed by atoms with E-state index in [0.29, 0.717) is 5.92 Å². The highest BCUT2D eigenvalue weighted by Crippen LogP contribution is 2.33. The molecular weight excluding hydrogens is 507 g/mol. The lowest BCUT2D eigenvalue weighted by Crippen LogP contribution is -2.45. The maximum atomic E-state index is 6.04. The molecule has 4 aromatic rings. The number of aromatic nitrogens is 1. The van der Waals surface area contributed by atoms with Gasteiger partial charge in [0.2, 0.25) is 0 Å². The number of rotatable bonds is 9. The number of nitrogens with zero attached hydrogens (tertiary/aromatic N) is 1. The Morgan fingerprint density at radius 3 is 2.61 bits per heavy atom. The van der Waals surface area contributed by atoms with Crippen LogP contribution >= 0.6 is 23.3 Å². The maximum Gasteiger partial charge on any atom is 0.120 e. The highest BCUT2D eigenvalue weighted by Gasteiger charge is 2.19. The molecule has 1 fully saturated rings. The van der Waals surface area contributed by atoms with Crippen LogP contribution in [0.3, 0.4) is 0 Å². The molecule has 2 N–H and O–H groups in total. The molecule has 0 amide bonds. The highest BCUT2D eigenvalue weighted by atomic mass is 32.2. The van der Waals surface area contributed by atoms with Gasteiger partial charge in [-0.3, -0.25) is 0 Å². The molecule has 6 heteroatoms. The second-order valence-electron chi connectivity index (χ2n) is 9.37. The Kier molecular flexibility index (Phi) is 11.1. The molecule has 0 aliphatic carbocycles. The van der Waals surface area contributed by atoms with Gasteiger partial charge in [0.15, 0.2) is 0 Å². The summed E-state index contributed by atoms with van der Waals surface area (Å²) < 4.78 is 10.9. The molecule has 1 atom stereocenters. The Balaban J connectivity index is 0.00000107. The summed E-state index contributed by atoms with van der Waals surface area (Å²) in [5.41, 5.74) is 3.32. The van der Waals surface area contributed by atoms with Crippen molar-refractivity contribution in [3.05, 3.63) is 88.9 Å². The van der Waals surface area contributed by atoms with E-state index in [2.05, 4.69) is 103 Å². The van der Waals surface area contributed by atoms with Gasteiger partial charge in [0.1, 0.15) is 10.8 Å². The molecule has 1 aliphatic rings. The molecule has 5 rings (SSSR count). The van der Waals surface area contributed by atoms with Crippen molar-refractivity contribution in [2.45, 2.75) is 51.0 Å². The first-order valence-electron chi connectivity index (χ1n) is 13.5. The minimum atomic E-state index is 0.0670. The summed E-state index contributed by atoms with van der Waals surface area (Å²) in [6.45, 7) is 9.18. The van der Waals surface area contributed by atoms with Gasteiger partial charge >= 0.3 is 0 Å². The number of nitrogens with one attached hydrogen (secondary N) is 2. The molecule has 1 unspecified atom stereocenters. The van der Waals surface area contributed by atoms with E-state index in [1.165, 1.54) is 16.9 Å². The Bertz CT molecular complexity index is 1340. The van der Waals surface area contributed by atoms with Crippen LogP contribution in [0.2, 0.25) is 0 Å². The predicted molar refractivity (Wildman–Crippen MR) is 163 cm³/mol. The molecule has 1 aromatic heterocycles. The van der Waals surface area contributed by atoms with Crippen LogP contribution in [0.15, 0.2) is 77.7 Å². The van der Waals surface area contributed by atoms with Crippen LogP contribution in [0.5, 0.6) is 5.75 Å². The van der Waals surface area contributed by atoms with E-state index in [0.717, 1.165) is 59.1 Å². The van der Waals surface area contributed by atoms with Gasteiger partial charge in [-0.2, -0.15) is 0 Å². The lowest BCUT2D eigenvalue weighted by molar-refractivity contribution is 0.199. The topological polar surface area (TPSA) is 46.2 Å². The number of hydrogen-bond donors (Lipinski definition) is 2. The molecule has 3 aromatic carbocycles. The molecule has 4 nitrogen and oxygen atoms in total. The fourth-order valence-corrected chi connectivity index (χ4v) is 5.74. The van der Waals surface area contributed by atoms with Crippen molar-refractivity contribution < 1.29 is 4.74 Å². The van der Waals surface area contributed by atoms with E-state index in [9.17, 15) is 0 Å². The molecule has 0 spiro atoms. The largest absolute Gasteiger partial charge is 0.493 e. The molecule has 0 saturated carbocycles. The normalized spacial score (nSPS) is 13.6. The smallest absolute Gasteiger partial charge is 0.120 e. The third kappa shape index (κ3) is 8.34. The van der Waals surface area contributed by atoms with Crippen molar-refractivity contribution >= 4 is 33.5 Å². The molecule has 0 radical (unpaired) electrons. The van der Waals surface area contributed by atoms with Gasteiger partial charge in [0.05, 0.1) is 22.9 Å². The molecule has 38 heavy (non-hydrogen) atoms. The molecule has 0 bridgehead atoms. The van der Waals surface area contributed by atoms with Crippen LogP contribution in [-0.4, -0.2) is 24.7 Å². The lowest BCUT2D eigenvalue weighted by atomic mass is 10.0. The second-order valence-corrected chi connectivity index (χ2v) is 11.3. The molecule has 1 aliphatic heterocycles. The number of thiazole rings is 1. The summed E-state index contributed by atoms with van der Waals surface area (Å²) in [6.07, 6.45) is 2.94. The predicted octanol–water partition coefficient (Wildman–Crippen LogP) is 7.65. The average molecular weight is 544 g/mol. The monoisotopic (exact) mass is 543 g/mol. The van der Waals surface area contributed by atoms with E-state index < -0.39 is 0 Å². The van der Waals surface area contributed by atoms with Crippen molar-refractivity contribution in [1.29, 1.82) is 0 Å². The van der Waals surface area contributed by atoms with Crippen molar-refractivity contribution in [3.63, 3.8) is 0 Å². The molecule has 1 saturated heterocycles. The minimum Gasteiger partial charge on any atom is -0.493 e. The maximum absolute atomic E-state index is 6.04. The van der Waals surface area contributed by atoms with Crippen LogP contribution < -0.4 is 14.8 Å². The number of fused-ring (bicyclic) bond motifs is 1. The Hall–Kier alpha value is -2.82. The third-order valence-corrected chi connectivity index (χ3v) is 7.91. The van der Waals surface area contributed by atoms with E-state index in [1.54, 1.807) is 23.3 Å². The van der Waals surface area contributed by atoms with Crippen LogP contribution in [0.1, 0.15) is 55.8 Å². The first-order chi connectivity index (χ1) is 18.7. The average Bonchev–Trinajstić information content (AvgIpc) is 3.34. The Labute approximate surface area is 235 Å². The van der Waals surface area contributed by atoms with Gasteiger partial charge in [0.25, 0.3) is 0 Å². The van der Waals surface area contributed by atoms with Gasteiger partial charge in [-0.05, 0) is 66.4 Å². The molecular formula is C32H37N3OS2. The van der Waals surface area contributed by atoms with Crippen LogP contribution in [0.4, 0.5) is 0 Å². The van der Waals surface area contributed by atoms with E-state index in [-0.39, 0.29) is 6.04 Å². The summed E-state index contributed by atoms with van der Waals surface area (Å²) in [5, 5.41) is 4.37. The summed E-state index contributed by atoms with van der Waals surface area (Å²) in [7, 11) is 0. The van der Waals surface area contributed by atoms with E-state index in [1.807, 2.05) is 12.1 Å². The Morgan fingerprint density at radius 1 is 1.05 bits per heavy atom. The highest BCUT2D eigenvalue weighted by molar-refractivity contribution is 7.97. The quantitative estimate of drug-likeness (QED) is 0.168. The standard InChI is InChI=1S/C29H29N3OS2.C3H8/c1-2-3-8-21-9-7-10-22(15-21)16-27(32-35-25-11-5-4-6-12-25)29-31-26-14-13-24(17-28(26)34-29)33-20-23-18-30-19-23;1-3-2/h4-7,9-15,17,23,27,30,32H,2,16,18-20H2,1H3;3H2,1-2H3. The van der Waals surface area contributed by atoms with Crippen molar-refractivity contribution in [3.8, 4) is 17.6 Å². The number of benzene rings is 3. The molecule has 2 heterocycles. The zero-order chi connectivity index (χ0) is 26.6. The zero-order valence-corrected chi connectivity index (χ0v) is 24.1. The first kappa shape index (κ1) is 28.2. The second kappa shape index (κ2) is 14.9. The van der Waals surface area contributed by atoms with Gasteiger partial charge in [-0.15, -0.1) is 11.3 Å². The van der Waals surface area contributed by atoms with Crippen LogP contribution in [0.25, 0.3) is 10.2 Å². The van der Waals surface area contributed by atoms with Crippen LogP contribution in [0, 0.1) is 17.8 Å². The van der Waals surface area contributed by atoms with Gasteiger partial charge in [0, 0.05) is 35.9 Å². The summed E-state index contributed by atoms with van der Waals surface area (Å²) >= 11 is 3.39. The number of ether oxygens (including phenoxy) is 1. The lowest BCUT2D eigenvalue weighted by Gasteiger charge is -2.26. The summed E-state index contributed by atoms with van der Waals surface area (Å²) in [4.78, 5) is 6.19. The van der Waals surface area contributed by atoms with Crippen molar-refractivity contribution in [2.24, 2.45) is 5.92 Å². The summed E-state index contributed by atoms with van der Waals surface area (Å²) in [5.74, 6) is 7.97. The van der Waals surface area contributed by atoms with E-state index >= 15 is 0 Å². The van der Waals surface area contributed by atoms with Crippen molar-refractivity contribution in [1.82, 2.24) is 15.0 Å². The van der Waals surface area contributed by atoms with Crippen molar-refractivity contribution in [2.75, 3.05) is 19.7 Å². The van der Waals surface area contributed by atoms with Gasteiger partial charge in [-0.25, -0.2) is 9.71 Å². The van der Waals surface area contributed by atoms with Gasteiger partial charge in [-0.1, -0.05) is 69.4 Å². The summed E-state index contributed by atoms with van der Waals surface area (Å²) in [6, 6.07) is 25.3. The third-order valence-electron chi connectivity index (χ3n) is 5.86. The fourth-order valence-electron chi connectivity index (χ4n) is 3.85. The first-order valence-corrected chi connectivity index (χ1v) is 15.1. The van der Waals surface area contributed by atoms with Gasteiger partial charge < -0.3 is 10.1 Å². The van der Waals surface area contributed by atoms with Crippen LogP contribution in [-0.2, 0) is 6.42 Å². The SMILES string of the molecule is CCC.CCC#Cc1cccc(CC(NSc2ccccc2)c2nc3ccc(OCC4CNC4)cc3s2)c1. The number of hydrogen-bond acceptors (Lipinski definition) is 6. The zero-order valence-electron chi connectivity index (χ0n) is 22.5. The molecule has 198 valence electrons.